The Morgan fingerprint density at radius 3 is 2.47 bits per heavy atom. The van der Waals surface area contributed by atoms with Crippen molar-refractivity contribution in [2.75, 3.05) is 6.26 Å². The molecule has 0 bridgehead atoms. The fraction of sp³-hybridized carbons (Fsp3) is 0.400. The molecule has 0 aliphatic heterocycles. The lowest BCUT2D eigenvalue weighted by molar-refractivity contribution is 0.236. The van der Waals surface area contributed by atoms with Gasteiger partial charge in [0.15, 0.2) is 0 Å². The van der Waals surface area contributed by atoms with Gasteiger partial charge >= 0.3 is 0 Å². The van der Waals surface area contributed by atoms with Crippen LogP contribution in [0, 0.1) is 12.7 Å². The SMILES string of the molecule is Cc1cc(F)ccc1C(C)OS(C)(=O)=O. The molecule has 0 radical (unpaired) electrons. The van der Waals surface area contributed by atoms with Crippen LogP contribution in [0.15, 0.2) is 18.2 Å². The maximum atomic E-state index is 12.8. The first-order valence-electron chi connectivity index (χ1n) is 4.44. The van der Waals surface area contributed by atoms with E-state index in [0.717, 1.165) is 6.26 Å². The highest BCUT2D eigenvalue weighted by Crippen LogP contribution is 2.22. The lowest BCUT2D eigenvalue weighted by Gasteiger charge is -2.13. The van der Waals surface area contributed by atoms with Gasteiger partial charge in [-0.15, -0.1) is 0 Å². The van der Waals surface area contributed by atoms with E-state index in [0.29, 0.717) is 11.1 Å². The number of hydrogen-bond donors (Lipinski definition) is 0. The van der Waals surface area contributed by atoms with E-state index >= 15 is 0 Å². The average Bonchev–Trinajstić information content (AvgIpc) is 1.99. The van der Waals surface area contributed by atoms with Gasteiger partial charge in [0.25, 0.3) is 10.1 Å². The van der Waals surface area contributed by atoms with Gasteiger partial charge in [-0.3, -0.25) is 4.18 Å². The fourth-order valence-electron chi connectivity index (χ4n) is 1.41. The molecule has 0 amide bonds. The summed E-state index contributed by atoms with van der Waals surface area (Å²) in [5, 5.41) is 0. The third-order valence-electron chi connectivity index (χ3n) is 1.99. The molecule has 0 N–H and O–H groups in total. The van der Waals surface area contributed by atoms with Gasteiger partial charge in [-0.2, -0.15) is 8.42 Å². The van der Waals surface area contributed by atoms with E-state index in [1.165, 1.54) is 18.2 Å². The monoisotopic (exact) mass is 232 g/mol. The summed E-state index contributed by atoms with van der Waals surface area (Å²) in [6.45, 7) is 3.32. The summed E-state index contributed by atoms with van der Waals surface area (Å²) in [5.41, 5.74) is 1.34. The Labute approximate surface area is 89.0 Å². The molecule has 0 saturated carbocycles. The Balaban J connectivity index is 2.97. The van der Waals surface area contributed by atoms with Gasteiger partial charge in [0.1, 0.15) is 5.82 Å². The molecule has 15 heavy (non-hydrogen) atoms. The van der Waals surface area contributed by atoms with Crippen molar-refractivity contribution in [1.29, 1.82) is 0 Å². The Morgan fingerprint density at radius 1 is 1.40 bits per heavy atom. The second-order valence-electron chi connectivity index (χ2n) is 3.44. The molecule has 3 nitrogen and oxygen atoms in total. The Kier molecular flexibility index (Phi) is 3.46. The van der Waals surface area contributed by atoms with Gasteiger partial charge in [-0.1, -0.05) is 6.07 Å². The molecular weight excluding hydrogens is 219 g/mol. The summed E-state index contributed by atoms with van der Waals surface area (Å²) in [6, 6.07) is 4.16. The van der Waals surface area contributed by atoms with Crippen LogP contribution in [0.1, 0.15) is 24.2 Å². The van der Waals surface area contributed by atoms with Crippen LogP contribution in [0.25, 0.3) is 0 Å². The van der Waals surface area contributed by atoms with Crippen molar-refractivity contribution in [2.45, 2.75) is 20.0 Å². The average molecular weight is 232 g/mol. The predicted octanol–water partition coefficient (Wildman–Crippen LogP) is 2.17. The third-order valence-corrected chi connectivity index (χ3v) is 2.63. The standard InChI is InChI=1S/C10H13FO3S/c1-7-6-9(11)4-5-10(7)8(2)14-15(3,12)13/h4-6,8H,1-3H3. The zero-order valence-electron chi connectivity index (χ0n) is 8.82. The van der Waals surface area contributed by atoms with Crippen LogP contribution < -0.4 is 0 Å². The molecule has 1 rings (SSSR count). The van der Waals surface area contributed by atoms with E-state index in [9.17, 15) is 12.8 Å². The van der Waals surface area contributed by atoms with Gasteiger partial charge in [-0.25, -0.2) is 4.39 Å². The van der Waals surface area contributed by atoms with Gasteiger partial charge in [0, 0.05) is 0 Å². The van der Waals surface area contributed by atoms with Gasteiger partial charge in [0.2, 0.25) is 0 Å². The maximum Gasteiger partial charge on any atom is 0.264 e. The van der Waals surface area contributed by atoms with E-state index in [1.807, 2.05) is 0 Å². The van der Waals surface area contributed by atoms with Crippen molar-refractivity contribution in [1.82, 2.24) is 0 Å². The molecule has 1 aromatic carbocycles. The minimum Gasteiger partial charge on any atom is -0.262 e. The second-order valence-corrected chi connectivity index (χ2v) is 5.04. The van der Waals surface area contributed by atoms with Gasteiger partial charge in [-0.05, 0) is 37.1 Å². The van der Waals surface area contributed by atoms with E-state index < -0.39 is 16.2 Å². The highest BCUT2D eigenvalue weighted by atomic mass is 32.2. The van der Waals surface area contributed by atoms with Crippen LogP contribution in [-0.4, -0.2) is 14.7 Å². The molecule has 0 aliphatic rings. The normalized spacial score (nSPS) is 13.9. The molecule has 1 atom stereocenters. The van der Waals surface area contributed by atoms with Crippen molar-refractivity contribution in [2.24, 2.45) is 0 Å². The van der Waals surface area contributed by atoms with Gasteiger partial charge < -0.3 is 0 Å². The van der Waals surface area contributed by atoms with Crippen LogP contribution in [0.2, 0.25) is 0 Å². The van der Waals surface area contributed by atoms with E-state index in [-0.39, 0.29) is 5.82 Å². The quantitative estimate of drug-likeness (QED) is 0.750. The van der Waals surface area contributed by atoms with Crippen LogP contribution in [-0.2, 0) is 14.3 Å². The molecule has 0 aromatic heterocycles. The highest BCUT2D eigenvalue weighted by molar-refractivity contribution is 7.86. The summed E-state index contributed by atoms with van der Waals surface area (Å²) >= 11 is 0. The summed E-state index contributed by atoms with van der Waals surface area (Å²) in [5.74, 6) is -0.345. The van der Waals surface area contributed by atoms with E-state index in [4.69, 9.17) is 4.18 Å². The number of halogens is 1. The first-order chi connectivity index (χ1) is 6.79. The number of rotatable bonds is 3. The number of aryl methyl sites for hydroxylation is 1. The summed E-state index contributed by atoms with van der Waals surface area (Å²) in [4.78, 5) is 0. The summed E-state index contributed by atoms with van der Waals surface area (Å²) in [6.07, 6.45) is 0.392. The summed E-state index contributed by atoms with van der Waals surface area (Å²) < 4.78 is 39.4. The molecule has 0 fully saturated rings. The second kappa shape index (κ2) is 4.28. The molecule has 0 aliphatic carbocycles. The molecule has 0 saturated heterocycles. The lowest BCUT2D eigenvalue weighted by atomic mass is 10.0. The topological polar surface area (TPSA) is 43.4 Å². The lowest BCUT2D eigenvalue weighted by Crippen LogP contribution is -2.08. The molecule has 0 heterocycles. The molecule has 84 valence electrons. The Hall–Kier alpha value is -0.940. The zero-order chi connectivity index (χ0) is 11.6. The molecule has 5 heteroatoms. The molecule has 1 aromatic rings. The third kappa shape index (κ3) is 3.60. The van der Waals surface area contributed by atoms with Crippen LogP contribution in [0.3, 0.4) is 0 Å². The molecular formula is C10H13FO3S. The Morgan fingerprint density at radius 2 is 2.00 bits per heavy atom. The van der Waals surface area contributed by atoms with Crippen molar-refractivity contribution in [3.63, 3.8) is 0 Å². The molecule has 0 spiro atoms. The Bertz CT molecular complexity index is 454. The van der Waals surface area contributed by atoms with Gasteiger partial charge in [0.05, 0.1) is 12.4 Å². The highest BCUT2D eigenvalue weighted by Gasteiger charge is 2.14. The largest absolute Gasteiger partial charge is 0.264 e. The maximum absolute atomic E-state index is 12.8. The van der Waals surface area contributed by atoms with Crippen molar-refractivity contribution in [3.8, 4) is 0 Å². The minimum atomic E-state index is -3.49. The summed E-state index contributed by atoms with van der Waals surface area (Å²) in [7, 11) is -3.49. The van der Waals surface area contributed by atoms with Crippen molar-refractivity contribution < 1.29 is 17.0 Å². The van der Waals surface area contributed by atoms with Crippen molar-refractivity contribution in [3.05, 3.63) is 35.1 Å². The van der Waals surface area contributed by atoms with Crippen LogP contribution in [0.5, 0.6) is 0 Å². The zero-order valence-corrected chi connectivity index (χ0v) is 9.64. The van der Waals surface area contributed by atoms with Crippen molar-refractivity contribution >= 4 is 10.1 Å². The minimum absolute atomic E-state index is 0.345. The number of benzene rings is 1. The predicted molar refractivity (Wildman–Crippen MR) is 55.5 cm³/mol. The first-order valence-corrected chi connectivity index (χ1v) is 6.25. The number of hydrogen-bond acceptors (Lipinski definition) is 3. The first kappa shape index (κ1) is 12.1. The fourth-order valence-corrected chi connectivity index (χ4v) is 2.04. The smallest absolute Gasteiger partial charge is 0.262 e. The van der Waals surface area contributed by atoms with Crippen LogP contribution in [0.4, 0.5) is 4.39 Å². The molecule has 1 unspecified atom stereocenters. The van der Waals surface area contributed by atoms with E-state index in [1.54, 1.807) is 13.8 Å². The van der Waals surface area contributed by atoms with Crippen LogP contribution >= 0.6 is 0 Å². The van der Waals surface area contributed by atoms with E-state index in [2.05, 4.69) is 0 Å².